The van der Waals surface area contributed by atoms with Gasteiger partial charge in [0.1, 0.15) is 0 Å². The number of aliphatic hydroxyl groups excluding tert-OH is 2. The number of benzene rings is 1. The van der Waals surface area contributed by atoms with Gasteiger partial charge in [-0.3, -0.25) is 4.99 Å². The third-order valence-electron chi connectivity index (χ3n) is 11.9. The summed E-state index contributed by atoms with van der Waals surface area (Å²) < 4.78 is 0. The lowest BCUT2D eigenvalue weighted by atomic mass is 9.64. The van der Waals surface area contributed by atoms with Crippen molar-refractivity contribution in [2.24, 2.45) is 28.2 Å². The van der Waals surface area contributed by atoms with Crippen LogP contribution in [0.4, 0.5) is 0 Å². The van der Waals surface area contributed by atoms with Crippen LogP contribution in [0.3, 0.4) is 0 Å². The fourth-order valence-corrected chi connectivity index (χ4v) is 9.33. The van der Waals surface area contributed by atoms with Gasteiger partial charge in [0.15, 0.2) is 5.96 Å². The molecular weight excluding hydrogens is 564 g/mol. The fraction of sp³-hybridized carbons (Fsp3) is 0.649. The molecule has 8 heteroatoms. The Morgan fingerprint density at radius 2 is 1.89 bits per heavy atom. The van der Waals surface area contributed by atoms with Crippen LogP contribution in [0.15, 0.2) is 47.5 Å². The minimum Gasteiger partial charge on any atom is -0.396 e. The number of guanidine groups is 1. The minimum absolute atomic E-state index is 0.0800. The average Bonchev–Trinajstić information content (AvgIpc) is 3.53. The number of rotatable bonds is 8. The molecule has 8 nitrogen and oxygen atoms in total. The van der Waals surface area contributed by atoms with Crippen LogP contribution in [-0.4, -0.2) is 74.9 Å². The average molecular weight is 617 g/mol. The highest BCUT2D eigenvalue weighted by atomic mass is 16.3. The summed E-state index contributed by atoms with van der Waals surface area (Å²) in [6, 6.07) is 10.0. The van der Waals surface area contributed by atoms with Gasteiger partial charge in [-0.15, -0.1) is 5.92 Å². The number of aromatic nitrogens is 1. The number of aliphatic imine (C=N–C) groups is 1. The maximum Gasteiger partial charge on any atom is 0.191 e. The van der Waals surface area contributed by atoms with Gasteiger partial charge in [0.2, 0.25) is 0 Å². The van der Waals surface area contributed by atoms with Crippen LogP contribution in [0.1, 0.15) is 82.7 Å². The number of H-pyrrole nitrogens is 1. The van der Waals surface area contributed by atoms with Crippen molar-refractivity contribution < 1.29 is 20.4 Å². The molecule has 0 amide bonds. The molecule has 244 valence electrons. The van der Waals surface area contributed by atoms with Gasteiger partial charge in [-0.25, -0.2) is 0 Å². The molecule has 1 aromatic carbocycles. The normalized spacial score (nSPS) is 35.4. The van der Waals surface area contributed by atoms with E-state index in [1.807, 2.05) is 12.1 Å². The highest BCUT2D eigenvalue weighted by molar-refractivity contribution is 5.81. The summed E-state index contributed by atoms with van der Waals surface area (Å²) in [7, 11) is 1.69. The molecule has 2 aromatic rings. The zero-order valence-corrected chi connectivity index (χ0v) is 26.8. The fourth-order valence-electron chi connectivity index (χ4n) is 9.33. The van der Waals surface area contributed by atoms with E-state index in [1.165, 1.54) is 11.8 Å². The number of aliphatic hydroxyl groups is 4. The second-order valence-electron chi connectivity index (χ2n) is 14.4. The number of hydrogen-bond donors (Lipinski definition) is 7. The largest absolute Gasteiger partial charge is 0.396 e. The van der Waals surface area contributed by atoms with Gasteiger partial charge < -0.3 is 36.0 Å². The van der Waals surface area contributed by atoms with E-state index in [0.717, 1.165) is 48.9 Å². The number of fused-ring (bicyclic) bond motifs is 2. The Morgan fingerprint density at radius 3 is 2.64 bits per heavy atom. The van der Waals surface area contributed by atoms with E-state index in [0.29, 0.717) is 51.0 Å². The van der Waals surface area contributed by atoms with E-state index in [1.54, 1.807) is 7.05 Å². The van der Waals surface area contributed by atoms with Crippen molar-refractivity contribution in [2.75, 3.05) is 20.2 Å². The maximum atomic E-state index is 12.8. The van der Waals surface area contributed by atoms with Crippen LogP contribution in [0.2, 0.25) is 0 Å². The van der Waals surface area contributed by atoms with Gasteiger partial charge in [-0.1, -0.05) is 55.5 Å². The minimum atomic E-state index is -1.43. The van der Waals surface area contributed by atoms with E-state index in [4.69, 9.17) is 6.58 Å². The molecule has 3 fully saturated rings. The lowest BCUT2D eigenvalue weighted by molar-refractivity contribution is -0.122. The van der Waals surface area contributed by atoms with Crippen molar-refractivity contribution in [3.63, 3.8) is 0 Å². The quantitative estimate of drug-likeness (QED) is 0.0783. The Balaban J connectivity index is 1.38. The predicted molar refractivity (Wildman–Crippen MR) is 179 cm³/mol. The first-order valence-corrected chi connectivity index (χ1v) is 17.1. The highest BCUT2D eigenvalue weighted by Gasteiger charge is 2.64. The van der Waals surface area contributed by atoms with Crippen LogP contribution in [0.25, 0.3) is 10.9 Å². The summed E-state index contributed by atoms with van der Waals surface area (Å²) in [5.41, 5.74) is 0.489. The van der Waals surface area contributed by atoms with Crippen molar-refractivity contribution in [1.82, 2.24) is 15.6 Å². The molecular formula is C37H52N4O4. The van der Waals surface area contributed by atoms with Crippen LogP contribution < -0.4 is 10.6 Å². The molecule has 1 heterocycles. The van der Waals surface area contributed by atoms with Crippen molar-refractivity contribution in [3.8, 4) is 11.8 Å². The van der Waals surface area contributed by atoms with Gasteiger partial charge >= 0.3 is 0 Å². The van der Waals surface area contributed by atoms with E-state index >= 15 is 0 Å². The number of nitrogens with zero attached hydrogens (tertiary/aromatic N) is 1. The predicted octanol–water partition coefficient (Wildman–Crippen LogP) is 4.19. The van der Waals surface area contributed by atoms with Crippen LogP contribution in [0, 0.1) is 35.0 Å². The summed E-state index contributed by atoms with van der Waals surface area (Å²) >= 11 is 0. The second-order valence-corrected chi connectivity index (χ2v) is 14.4. The first-order chi connectivity index (χ1) is 21.7. The van der Waals surface area contributed by atoms with Crippen LogP contribution >= 0.6 is 0 Å². The summed E-state index contributed by atoms with van der Waals surface area (Å²) in [5.74, 6) is 7.13. The molecule has 3 saturated carbocycles. The third kappa shape index (κ3) is 6.17. The first kappa shape index (κ1) is 32.1. The smallest absolute Gasteiger partial charge is 0.191 e. The van der Waals surface area contributed by atoms with Crippen molar-refractivity contribution in [1.29, 1.82) is 0 Å². The molecule has 45 heavy (non-hydrogen) atoms. The van der Waals surface area contributed by atoms with Gasteiger partial charge in [-0.2, -0.15) is 0 Å². The summed E-state index contributed by atoms with van der Waals surface area (Å²) in [6.07, 6.45) is 8.97. The number of nitrogens with one attached hydrogen (secondary N) is 3. The second kappa shape index (κ2) is 13.1. The number of allylic oxidation sites excluding steroid dienone is 1. The molecule has 7 unspecified atom stereocenters. The number of hydrogen-bond acceptors (Lipinski definition) is 5. The Hall–Kier alpha value is -2.83. The standard InChI is InChI=1S/C37H52N4O4/c1-25(20-29-21-26-10-6-7-14-32(26)40-29)35-15-8-13-28(41-34(38-2)39-18-9-19-42)23-37(45)31(24-35)30(22-33(37)43)36(44,17-16-35)27-11-4-3-5-12-27/h6-7,10,14,21,27-28,30-31,33,40,42-45H,1,3-5,9,11-12,15-20,22-24H2,2H3,(H2,38,39,41). The Labute approximate surface area is 267 Å². The Kier molecular flexibility index (Phi) is 9.36. The van der Waals surface area contributed by atoms with E-state index in [9.17, 15) is 20.4 Å². The summed E-state index contributed by atoms with van der Waals surface area (Å²) in [5, 5.41) is 54.2. The van der Waals surface area contributed by atoms with Gasteiger partial charge in [0.05, 0.1) is 23.3 Å². The zero-order chi connectivity index (χ0) is 31.7. The van der Waals surface area contributed by atoms with E-state index in [-0.39, 0.29) is 30.8 Å². The van der Waals surface area contributed by atoms with E-state index < -0.39 is 28.8 Å². The summed E-state index contributed by atoms with van der Waals surface area (Å²) in [6.45, 7) is 5.35. The molecule has 4 aliphatic rings. The van der Waals surface area contributed by atoms with Crippen LogP contribution in [0.5, 0.6) is 0 Å². The first-order valence-electron chi connectivity index (χ1n) is 17.1. The molecule has 1 aromatic heterocycles. The molecule has 0 saturated heterocycles. The third-order valence-corrected chi connectivity index (χ3v) is 11.9. The number of aromatic amines is 1. The molecule has 0 aliphatic heterocycles. The van der Waals surface area contributed by atoms with Gasteiger partial charge in [0, 0.05) is 56.1 Å². The van der Waals surface area contributed by atoms with Crippen molar-refractivity contribution in [3.05, 3.63) is 48.2 Å². The lowest BCUT2D eigenvalue weighted by Crippen LogP contribution is -2.53. The molecule has 7 atom stereocenters. The maximum absolute atomic E-state index is 12.8. The molecule has 0 spiro atoms. The zero-order valence-electron chi connectivity index (χ0n) is 26.8. The van der Waals surface area contributed by atoms with Gasteiger partial charge in [0.25, 0.3) is 0 Å². The molecule has 7 N–H and O–H groups in total. The number of para-hydroxylation sites is 1. The highest BCUT2D eigenvalue weighted by Crippen LogP contribution is 2.61. The SMILES string of the molecule is C=C(Cc1cc2ccccc2[nH]1)C12CC#CC(NC(=NC)NCCCO)CC3(O)C(O)CC(C3C1)C(O)(C1CCCCC1)CC2. The van der Waals surface area contributed by atoms with Crippen molar-refractivity contribution in [2.45, 2.75) is 107 Å². The van der Waals surface area contributed by atoms with Crippen molar-refractivity contribution >= 4 is 16.9 Å². The van der Waals surface area contributed by atoms with Crippen LogP contribution in [-0.2, 0) is 6.42 Å². The Bertz CT molecular complexity index is 1420. The van der Waals surface area contributed by atoms with Gasteiger partial charge in [-0.05, 0) is 80.2 Å². The molecule has 6 rings (SSSR count). The molecule has 0 radical (unpaired) electrons. The van der Waals surface area contributed by atoms with E-state index in [2.05, 4.69) is 50.6 Å². The molecule has 2 bridgehead atoms. The molecule has 4 aliphatic carbocycles. The summed E-state index contributed by atoms with van der Waals surface area (Å²) in [4.78, 5) is 7.93. The topological polar surface area (TPSA) is 133 Å². The Morgan fingerprint density at radius 1 is 1.09 bits per heavy atom. The lowest BCUT2D eigenvalue weighted by Gasteiger charge is -2.45. The monoisotopic (exact) mass is 616 g/mol.